The Kier molecular flexibility index (Phi) is 5.62. The fraction of sp³-hybridized carbons (Fsp3) is 0.857. The van der Waals surface area contributed by atoms with Crippen LogP contribution in [0.5, 0.6) is 0 Å². The Morgan fingerprint density at radius 3 is 2.54 bits per heavy atom. The third-order valence-electron chi connectivity index (χ3n) is 1.15. The van der Waals surface area contributed by atoms with Crippen LogP contribution in [0, 0.1) is 11.3 Å². The Hall–Kier alpha value is -0.640. The first-order chi connectivity index (χ1) is 5.98. The lowest BCUT2D eigenvalue weighted by Gasteiger charge is -2.09. The van der Waals surface area contributed by atoms with E-state index >= 15 is 0 Å². The monoisotopic (exact) mass is 205 g/mol. The van der Waals surface area contributed by atoms with Crippen molar-refractivity contribution in [3.63, 3.8) is 0 Å². The van der Waals surface area contributed by atoms with Crippen LogP contribution in [-0.2, 0) is 10.2 Å². The van der Waals surface area contributed by atoms with Crippen molar-refractivity contribution in [3.05, 3.63) is 0 Å². The molecule has 0 fully saturated rings. The van der Waals surface area contributed by atoms with Crippen molar-refractivity contribution in [2.75, 3.05) is 6.54 Å². The second-order valence-corrected chi connectivity index (χ2v) is 4.46. The van der Waals surface area contributed by atoms with Crippen LogP contribution < -0.4 is 9.44 Å². The zero-order valence-corrected chi connectivity index (χ0v) is 8.69. The topological polar surface area (TPSA) is 82.0 Å². The van der Waals surface area contributed by atoms with Crippen molar-refractivity contribution in [3.8, 4) is 6.07 Å². The number of hydrogen-bond acceptors (Lipinski definition) is 3. The quantitative estimate of drug-likeness (QED) is 0.604. The lowest BCUT2D eigenvalue weighted by molar-refractivity contribution is 0.553. The van der Waals surface area contributed by atoms with E-state index in [1.54, 1.807) is 13.8 Å². The van der Waals surface area contributed by atoms with Gasteiger partial charge in [-0.25, -0.2) is 4.72 Å². The van der Waals surface area contributed by atoms with Crippen molar-refractivity contribution in [1.82, 2.24) is 9.44 Å². The molecule has 0 radical (unpaired) electrons. The van der Waals surface area contributed by atoms with Crippen LogP contribution in [0.2, 0.25) is 0 Å². The van der Waals surface area contributed by atoms with Gasteiger partial charge in [0.2, 0.25) is 0 Å². The van der Waals surface area contributed by atoms with Crippen LogP contribution in [0.25, 0.3) is 0 Å². The highest BCUT2D eigenvalue weighted by atomic mass is 32.2. The Labute approximate surface area is 79.3 Å². The number of nitrogens with zero attached hydrogens (tertiary/aromatic N) is 1. The van der Waals surface area contributed by atoms with Crippen LogP contribution in [-0.4, -0.2) is 21.0 Å². The summed E-state index contributed by atoms with van der Waals surface area (Å²) in [7, 11) is -3.37. The van der Waals surface area contributed by atoms with Crippen molar-refractivity contribution in [1.29, 1.82) is 5.26 Å². The molecule has 0 saturated heterocycles. The highest BCUT2D eigenvalue weighted by molar-refractivity contribution is 7.87. The molecule has 13 heavy (non-hydrogen) atoms. The van der Waals surface area contributed by atoms with E-state index in [-0.39, 0.29) is 6.04 Å². The second-order valence-electron chi connectivity index (χ2n) is 2.93. The summed E-state index contributed by atoms with van der Waals surface area (Å²) in [6, 6.07) is 1.82. The molecule has 0 aliphatic heterocycles. The van der Waals surface area contributed by atoms with Gasteiger partial charge in [0.25, 0.3) is 10.2 Å². The summed E-state index contributed by atoms with van der Waals surface area (Å²) in [6.45, 7) is 3.79. The summed E-state index contributed by atoms with van der Waals surface area (Å²) >= 11 is 0. The SMILES string of the molecule is CC(C)NS(=O)(=O)NCCCC#N. The highest BCUT2D eigenvalue weighted by Crippen LogP contribution is 1.87. The summed E-state index contributed by atoms with van der Waals surface area (Å²) in [4.78, 5) is 0. The number of nitrogens with one attached hydrogen (secondary N) is 2. The zero-order valence-electron chi connectivity index (χ0n) is 7.87. The number of hydrogen-bond donors (Lipinski definition) is 2. The molecule has 0 aliphatic carbocycles. The Balaban J connectivity index is 3.72. The third-order valence-corrected chi connectivity index (χ3v) is 2.51. The van der Waals surface area contributed by atoms with Gasteiger partial charge in [0.05, 0.1) is 6.07 Å². The molecule has 0 atom stereocenters. The van der Waals surface area contributed by atoms with E-state index in [0.29, 0.717) is 19.4 Å². The Bertz CT molecular complexity index is 266. The molecule has 0 aliphatic rings. The lowest BCUT2D eigenvalue weighted by Crippen LogP contribution is -2.40. The molecular formula is C7H15N3O2S. The molecule has 0 heterocycles. The van der Waals surface area contributed by atoms with E-state index in [1.165, 1.54) is 0 Å². The van der Waals surface area contributed by atoms with E-state index in [0.717, 1.165) is 0 Å². The maximum absolute atomic E-state index is 11.1. The Morgan fingerprint density at radius 2 is 2.08 bits per heavy atom. The average Bonchev–Trinajstić information content (AvgIpc) is 1.95. The highest BCUT2D eigenvalue weighted by Gasteiger charge is 2.09. The van der Waals surface area contributed by atoms with E-state index in [2.05, 4.69) is 9.44 Å². The van der Waals surface area contributed by atoms with Gasteiger partial charge in [0.1, 0.15) is 0 Å². The first kappa shape index (κ1) is 12.4. The zero-order chi connectivity index (χ0) is 10.3. The number of nitriles is 1. The predicted molar refractivity (Wildman–Crippen MR) is 50.0 cm³/mol. The van der Waals surface area contributed by atoms with Crippen LogP contribution >= 0.6 is 0 Å². The standard InChI is InChI=1S/C7H15N3O2S/c1-7(2)10-13(11,12)9-6-4-3-5-8/h7,9-10H,3-4,6H2,1-2H3. The van der Waals surface area contributed by atoms with Gasteiger partial charge in [-0.05, 0) is 20.3 Å². The first-order valence-electron chi connectivity index (χ1n) is 4.12. The molecule has 0 rings (SSSR count). The van der Waals surface area contributed by atoms with Gasteiger partial charge in [0.15, 0.2) is 0 Å². The normalized spacial score (nSPS) is 11.5. The summed E-state index contributed by atoms with van der Waals surface area (Å²) in [5.41, 5.74) is 0. The van der Waals surface area contributed by atoms with Crippen LogP contribution in [0.4, 0.5) is 0 Å². The van der Waals surface area contributed by atoms with E-state index in [9.17, 15) is 8.42 Å². The smallest absolute Gasteiger partial charge is 0.202 e. The van der Waals surface area contributed by atoms with Crippen molar-refractivity contribution in [2.45, 2.75) is 32.7 Å². The van der Waals surface area contributed by atoms with Crippen LogP contribution in [0.1, 0.15) is 26.7 Å². The molecule has 0 bridgehead atoms. The van der Waals surface area contributed by atoms with Gasteiger partial charge in [-0.1, -0.05) is 0 Å². The minimum Gasteiger partial charge on any atom is -0.202 e. The summed E-state index contributed by atoms with van der Waals surface area (Å²) < 4.78 is 26.9. The van der Waals surface area contributed by atoms with E-state index < -0.39 is 10.2 Å². The van der Waals surface area contributed by atoms with Crippen LogP contribution in [0.15, 0.2) is 0 Å². The molecule has 6 heteroatoms. The Morgan fingerprint density at radius 1 is 1.46 bits per heavy atom. The van der Waals surface area contributed by atoms with Crippen molar-refractivity contribution >= 4 is 10.2 Å². The maximum atomic E-state index is 11.1. The molecule has 0 saturated carbocycles. The summed E-state index contributed by atoms with van der Waals surface area (Å²) in [5.74, 6) is 0. The number of unbranched alkanes of at least 4 members (excludes halogenated alkanes) is 1. The fourth-order valence-corrected chi connectivity index (χ4v) is 1.84. The molecule has 0 aromatic rings. The molecule has 5 nitrogen and oxygen atoms in total. The molecular weight excluding hydrogens is 190 g/mol. The fourth-order valence-electron chi connectivity index (χ4n) is 0.726. The minimum absolute atomic E-state index is 0.117. The van der Waals surface area contributed by atoms with Gasteiger partial charge >= 0.3 is 0 Å². The molecule has 0 unspecified atom stereocenters. The molecule has 76 valence electrons. The number of rotatable bonds is 6. The average molecular weight is 205 g/mol. The summed E-state index contributed by atoms with van der Waals surface area (Å²) in [6.07, 6.45) is 0.902. The molecule has 0 aromatic carbocycles. The van der Waals surface area contributed by atoms with E-state index in [4.69, 9.17) is 5.26 Å². The van der Waals surface area contributed by atoms with Gasteiger partial charge < -0.3 is 0 Å². The molecule has 0 amide bonds. The van der Waals surface area contributed by atoms with Gasteiger partial charge in [-0.3, -0.25) is 0 Å². The van der Waals surface area contributed by atoms with Gasteiger partial charge in [-0.15, -0.1) is 0 Å². The van der Waals surface area contributed by atoms with Crippen molar-refractivity contribution < 1.29 is 8.42 Å². The third kappa shape index (κ3) is 7.71. The first-order valence-corrected chi connectivity index (χ1v) is 5.60. The van der Waals surface area contributed by atoms with Crippen molar-refractivity contribution in [2.24, 2.45) is 0 Å². The minimum atomic E-state index is -3.37. The van der Waals surface area contributed by atoms with Gasteiger partial charge in [0, 0.05) is 19.0 Å². The van der Waals surface area contributed by atoms with Crippen LogP contribution in [0.3, 0.4) is 0 Å². The van der Waals surface area contributed by atoms with E-state index in [1.807, 2.05) is 6.07 Å². The second kappa shape index (κ2) is 5.91. The predicted octanol–water partition coefficient (Wildman–Crippen LogP) is 0.123. The van der Waals surface area contributed by atoms with Gasteiger partial charge in [-0.2, -0.15) is 18.4 Å². The summed E-state index contributed by atoms with van der Waals surface area (Å²) in [5, 5.41) is 8.20. The lowest BCUT2D eigenvalue weighted by atomic mass is 10.3. The maximum Gasteiger partial charge on any atom is 0.277 e. The molecule has 2 N–H and O–H groups in total. The molecule has 0 aromatic heterocycles. The molecule has 0 spiro atoms. The largest absolute Gasteiger partial charge is 0.277 e.